The molecule has 2 fully saturated rings. The lowest BCUT2D eigenvalue weighted by atomic mass is 10.00. The van der Waals surface area contributed by atoms with Crippen molar-refractivity contribution in [3.63, 3.8) is 0 Å². The molecule has 0 bridgehead atoms. The fraction of sp³-hybridized carbons (Fsp3) is 0.440. The molecule has 4 rings (SSSR count). The monoisotopic (exact) mass is 712 g/mol. The smallest absolute Gasteiger partial charge is 0.351 e. The first-order valence-corrected chi connectivity index (χ1v) is 13.5. The molecule has 6 nitrogen and oxygen atoms in total. The summed E-state index contributed by atoms with van der Waals surface area (Å²) in [5.74, 6) is -3.10. The Morgan fingerprint density at radius 2 is 1.68 bits per heavy atom. The summed E-state index contributed by atoms with van der Waals surface area (Å²) in [6.07, 6.45) is -5.51. The highest BCUT2D eigenvalue weighted by Gasteiger charge is 2.37. The average Bonchev–Trinajstić information content (AvgIpc) is 3.53. The number of alkyl halides is 6. The molecular weight excluding hydrogens is 684 g/mol. The number of sulfone groups is 1. The van der Waals surface area contributed by atoms with E-state index in [1.165, 1.54) is 12.1 Å². The van der Waals surface area contributed by atoms with Crippen LogP contribution in [0, 0.1) is 11.7 Å². The van der Waals surface area contributed by atoms with Gasteiger partial charge >= 0.3 is 12.4 Å². The first-order chi connectivity index (χ1) is 18.1. The van der Waals surface area contributed by atoms with Gasteiger partial charge in [-0.1, -0.05) is 12.1 Å². The second kappa shape index (κ2) is 13.5. The van der Waals surface area contributed by atoms with E-state index in [4.69, 9.17) is 0 Å². The van der Waals surface area contributed by atoms with Crippen molar-refractivity contribution in [2.24, 2.45) is 5.92 Å². The minimum absolute atomic E-state index is 0. The standard InChI is InChI=1S/C13H14F3NO3S.C12H11F4NO.HI.H2/c14-13(15,16)9-21(19,20)11-5-3-4-10(8-11)12(18)17-6-1-2-7-17;13-10-5-8(12(14,15)16)3-4-9(10)11(17-6-18)7-1-2-7;;/h3-5,8H,1-2,6-7,9H2;3-7,11H,1-2H2,(H,17,18);2*1H/t;11-;;/m.1../s1. The van der Waals surface area contributed by atoms with E-state index in [1.807, 2.05) is 0 Å². The number of hydrogen-bond donors (Lipinski definition) is 1. The molecule has 2 aromatic carbocycles. The number of nitrogens with zero attached hydrogens (tertiary/aromatic N) is 1. The molecule has 1 heterocycles. The van der Waals surface area contributed by atoms with Crippen molar-refractivity contribution in [3.8, 4) is 0 Å². The van der Waals surface area contributed by atoms with Crippen LogP contribution in [0.15, 0.2) is 47.4 Å². The van der Waals surface area contributed by atoms with Gasteiger partial charge in [0.05, 0.1) is 16.5 Å². The van der Waals surface area contributed by atoms with Gasteiger partial charge in [-0.3, -0.25) is 9.59 Å². The highest BCUT2D eigenvalue weighted by Crippen LogP contribution is 2.42. The molecule has 1 aliphatic carbocycles. The van der Waals surface area contributed by atoms with Crippen LogP contribution in [0.5, 0.6) is 0 Å². The van der Waals surface area contributed by atoms with Gasteiger partial charge in [-0.2, -0.15) is 26.3 Å². The van der Waals surface area contributed by atoms with Crippen LogP contribution in [0.4, 0.5) is 30.7 Å². The van der Waals surface area contributed by atoms with Crippen molar-refractivity contribution in [2.75, 3.05) is 18.8 Å². The molecule has 0 unspecified atom stereocenters. The zero-order valence-electron chi connectivity index (χ0n) is 20.8. The first kappa shape index (κ1) is 33.8. The maximum Gasteiger partial charge on any atom is 0.416 e. The summed E-state index contributed by atoms with van der Waals surface area (Å²) in [6, 6.07) is 6.64. The van der Waals surface area contributed by atoms with Gasteiger partial charge in [0, 0.05) is 25.6 Å². The van der Waals surface area contributed by atoms with Crippen molar-refractivity contribution >= 4 is 46.1 Å². The van der Waals surface area contributed by atoms with Crippen LogP contribution in [0.1, 0.15) is 54.6 Å². The quantitative estimate of drug-likeness (QED) is 0.212. The predicted octanol–water partition coefficient (Wildman–Crippen LogP) is 6.16. The number of halogens is 8. The number of nitrogens with one attached hydrogen (secondary N) is 1. The van der Waals surface area contributed by atoms with Crippen LogP contribution in [-0.4, -0.2) is 50.7 Å². The van der Waals surface area contributed by atoms with Crippen molar-refractivity contribution < 1.29 is 50.2 Å². The molecule has 1 aliphatic heterocycles. The predicted molar refractivity (Wildman–Crippen MR) is 143 cm³/mol. The fourth-order valence-electron chi connectivity index (χ4n) is 4.16. The lowest BCUT2D eigenvalue weighted by molar-refractivity contribution is -0.137. The van der Waals surface area contributed by atoms with Gasteiger partial charge < -0.3 is 10.2 Å². The molecule has 1 atom stereocenters. The molecule has 0 aromatic heterocycles. The third-order valence-electron chi connectivity index (χ3n) is 6.19. The Kier molecular flexibility index (Phi) is 11.4. The Labute approximate surface area is 244 Å². The lowest BCUT2D eigenvalue weighted by Crippen LogP contribution is -2.28. The Morgan fingerprint density at radius 3 is 2.17 bits per heavy atom. The van der Waals surface area contributed by atoms with Gasteiger partial charge in [0.1, 0.15) is 5.82 Å². The topological polar surface area (TPSA) is 83.6 Å². The van der Waals surface area contributed by atoms with Crippen molar-refractivity contribution in [1.82, 2.24) is 10.2 Å². The molecule has 1 N–H and O–H groups in total. The lowest BCUT2D eigenvalue weighted by Gasteiger charge is -2.17. The van der Waals surface area contributed by atoms with Gasteiger partial charge in [-0.05, 0) is 61.9 Å². The van der Waals surface area contributed by atoms with Gasteiger partial charge in [-0.25, -0.2) is 12.8 Å². The maximum absolute atomic E-state index is 13.7. The van der Waals surface area contributed by atoms with Crippen molar-refractivity contribution in [2.45, 2.75) is 49.0 Å². The van der Waals surface area contributed by atoms with E-state index in [0.717, 1.165) is 49.9 Å². The molecule has 1 saturated heterocycles. The summed E-state index contributed by atoms with van der Waals surface area (Å²) in [4.78, 5) is 23.6. The minimum atomic E-state index is -4.81. The van der Waals surface area contributed by atoms with Gasteiger partial charge in [-0.15, -0.1) is 24.0 Å². The van der Waals surface area contributed by atoms with E-state index in [0.29, 0.717) is 25.6 Å². The number of rotatable bonds is 7. The summed E-state index contributed by atoms with van der Waals surface area (Å²) in [5.41, 5.74) is -0.817. The summed E-state index contributed by atoms with van der Waals surface area (Å²) in [7, 11) is -4.49. The van der Waals surface area contributed by atoms with Gasteiger partial charge in [0.25, 0.3) is 5.91 Å². The zero-order valence-corrected chi connectivity index (χ0v) is 23.9. The number of carbonyl (C=O) groups excluding carboxylic acids is 2. The molecule has 40 heavy (non-hydrogen) atoms. The van der Waals surface area contributed by atoms with E-state index in [-0.39, 0.29) is 48.4 Å². The van der Waals surface area contributed by atoms with Crippen LogP contribution in [0.25, 0.3) is 0 Å². The Morgan fingerprint density at radius 1 is 1.05 bits per heavy atom. The molecule has 0 spiro atoms. The van der Waals surface area contributed by atoms with Gasteiger partial charge in [0.2, 0.25) is 6.41 Å². The number of carbonyl (C=O) groups is 2. The van der Waals surface area contributed by atoms with E-state index < -0.39 is 50.3 Å². The summed E-state index contributed by atoms with van der Waals surface area (Å²) >= 11 is 0. The van der Waals surface area contributed by atoms with E-state index in [1.54, 1.807) is 4.90 Å². The van der Waals surface area contributed by atoms with Crippen LogP contribution in [0.2, 0.25) is 0 Å². The molecule has 2 aromatic rings. The highest BCUT2D eigenvalue weighted by atomic mass is 127. The summed E-state index contributed by atoms with van der Waals surface area (Å²) < 4.78 is 111. The number of amides is 2. The second-order valence-electron chi connectivity index (χ2n) is 9.24. The van der Waals surface area contributed by atoms with Crippen LogP contribution >= 0.6 is 24.0 Å². The normalized spacial score (nSPS) is 16.3. The SMILES string of the molecule is I.O=C(c1cccc(S(=O)(=O)CC(F)(F)F)c1)N1CCCC1.O=CN[C@@H](c1ccc(C(F)(F)F)cc1F)C1CC1.[HH]. The van der Waals surface area contributed by atoms with Gasteiger partial charge in [0.15, 0.2) is 15.6 Å². The van der Waals surface area contributed by atoms with Crippen molar-refractivity contribution in [1.29, 1.82) is 0 Å². The largest absolute Gasteiger partial charge is 0.416 e. The highest BCUT2D eigenvalue weighted by molar-refractivity contribution is 14.0. The molecule has 0 radical (unpaired) electrons. The third-order valence-corrected chi connectivity index (χ3v) is 7.87. The average molecular weight is 712 g/mol. The first-order valence-electron chi connectivity index (χ1n) is 11.9. The van der Waals surface area contributed by atoms with Crippen LogP contribution < -0.4 is 5.32 Å². The minimum Gasteiger partial charge on any atom is -0.351 e. The van der Waals surface area contributed by atoms with E-state index >= 15 is 0 Å². The third kappa shape index (κ3) is 9.31. The maximum atomic E-state index is 13.7. The molecule has 15 heteroatoms. The number of benzene rings is 2. The molecule has 224 valence electrons. The number of likely N-dealkylation sites (tertiary alicyclic amines) is 1. The Balaban J connectivity index is 0.000000395. The Bertz CT molecular complexity index is 1300. The summed E-state index contributed by atoms with van der Waals surface area (Å²) in [6.45, 7) is 1.16. The van der Waals surface area contributed by atoms with E-state index in [2.05, 4.69) is 5.32 Å². The van der Waals surface area contributed by atoms with E-state index in [9.17, 15) is 48.7 Å². The molecule has 2 aliphatic rings. The second-order valence-corrected chi connectivity index (χ2v) is 11.2. The summed E-state index contributed by atoms with van der Waals surface area (Å²) in [5, 5.41) is 2.46. The van der Waals surface area contributed by atoms with Crippen LogP contribution in [0.3, 0.4) is 0 Å². The van der Waals surface area contributed by atoms with Crippen molar-refractivity contribution in [3.05, 3.63) is 65.0 Å². The molecule has 2 amide bonds. The van der Waals surface area contributed by atoms with Crippen LogP contribution in [-0.2, 0) is 20.8 Å². The number of hydrogen-bond acceptors (Lipinski definition) is 4. The Hall–Kier alpha value is -2.43. The fourth-order valence-corrected chi connectivity index (χ4v) is 5.35. The molecule has 1 saturated carbocycles. The molecular formula is C25H28F7IN2O4S. The zero-order chi connectivity index (χ0) is 29.0.